The highest BCUT2D eigenvalue weighted by Gasteiger charge is 2.11. The number of benzene rings is 1. The van der Waals surface area contributed by atoms with Crippen molar-refractivity contribution in [2.75, 3.05) is 6.54 Å². The molecule has 2 heterocycles. The molecule has 148 valence electrons. The number of nitrogens with zero attached hydrogens (tertiary/aromatic N) is 1. The molecule has 0 atom stereocenters. The topological polar surface area (TPSA) is 144 Å². The summed E-state index contributed by atoms with van der Waals surface area (Å²) >= 11 is 1.24. The summed E-state index contributed by atoms with van der Waals surface area (Å²) < 4.78 is 23.9. The predicted octanol–water partition coefficient (Wildman–Crippen LogP) is 0.148. The Morgan fingerprint density at radius 3 is 2.57 bits per heavy atom. The number of nitrogens with two attached hydrogens (primary N) is 1. The van der Waals surface area contributed by atoms with E-state index in [9.17, 15) is 22.8 Å². The second kappa shape index (κ2) is 8.09. The molecule has 0 aliphatic heterocycles. The predicted molar refractivity (Wildman–Crippen MR) is 106 cm³/mol. The number of H-pyrrole nitrogens is 1. The molecule has 3 rings (SSSR count). The van der Waals surface area contributed by atoms with E-state index in [4.69, 9.17) is 5.14 Å². The van der Waals surface area contributed by atoms with Crippen LogP contribution < -0.4 is 21.7 Å². The maximum Gasteiger partial charge on any atom is 0.328 e. The summed E-state index contributed by atoms with van der Waals surface area (Å²) in [6, 6.07) is 7.73. The first-order chi connectivity index (χ1) is 13.3. The molecule has 0 saturated heterocycles. The van der Waals surface area contributed by atoms with Crippen molar-refractivity contribution < 1.29 is 13.2 Å². The van der Waals surface area contributed by atoms with E-state index in [0.717, 1.165) is 10.1 Å². The number of hydrogen-bond acceptors (Lipinski definition) is 6. The largest absolute Gasteiger partial charge is 0.356 e. The van der Waals surface area contributed by atoms with E-state index in [1.54, 1.807) is 23.6 Å². The molecule has 2 aromatic heterocycles. The van der Waals surface area contributed by atoms with Gasteiger partial charge in [0.25, 0.3) is 5.56 Å². The normalized spacial score (nSPS) is 11.6. The van der Waals surface area contributed by atoms with Crippen molar-refractivity contribution in [3.63, 3.8) is 0 Å². The third kappa shape index (κ3) is 4.55. The molecule has 3 aromatic rings. The Hall–Kier alpha value is -2.76. The van der Waals surface area contributed by atoms with Crippen LogP contribution in [-0.4, -0.2) is 30.4 Å². The average Bonchev–Trinajstić information content (AvgIpc) is 3.09. The van der Waals surface area contributed by atoms with Gasteiger partial charge in [0.1, 0.15) is 4.70 Å². The van der Waals surface area contributed by atoms with E-state index in [1.165, 1.54) is 23.5 Å². The van der Waals surface area contributed by atoms with Gasteiger partial charge in [-0.15, -0.1) is 11.3 Å². The van der Waals surface area contributed by atoms with Gasteiger partial charge in [0.15, 0.2) is 0 Å². The van der Waals surface area contributed by atoms with Crippen LogP contribution in [0.15, 0.2) is 50.2 Å². The Morgan fingerprint density at radius 2 is 1.89 bits per heavy atom. The van der Waals surface area contributed by atoms with Gasteiger partial charge in [-0.25, -0.2) is 18.4 Å². The van der Waals surface area contributed by atoms with Gasteiger partial charge in [-0.05, 0) is 35.6 Å². The van der Waals surface area contributed by atoms with Crippen LogP contribution in [-0.2, 0) is 27.8 Å². The first-order valence-corrected chi connectivity index (χ1v) is 10.8. The molecule has 0 unspecified atom stereocenters. The van der Waals surface area contributed by atoms with Crippen LogP contribution in [0.2, 0.25) is 0 Å². The van der Waals surface area contributed by atoms with Gasteiger partial charge < -0.3 is 10.3 Å². The quantitative estimate of drug-likeness (QED) is 0.496. The highest BCUT2D eigenvalue weighted by Crippen LogP contribution is 2.12. The fraction of sp³-hybridized carbons (Fsp3) is 0.235. The minimum atomic E-state index is -3.73. The maximum atomic E-state index is 12.3. The fourth-order valence-corrected chi connectivity index (χ4v) is 3.98. The van der Waals surface area contributed by atoms with Crippen LogP contribution in [0.1, 0.15) is 12.0 Å². The first-order valence-electron chi connectivity index (χ1n) is 8.34. The van der Waals surface area contributed by atoms with Crippen molar-refractivity contribution in [1.82, 2.24) is 14.9 Å². The van der Waals surface area contributed by atoms with E-state index >= 15 is 0 Å². The minimum absolute atomic E-state index is 0.00970. The molecule has 9 nitrogen and oxygen atoms in total. The van der Waals surface area contributed by atoms with Crippen LogP contribution in [0.4, 0.5) is 0 Å². The lowest BCUT2D eigenvalue weighted by Gasteiger charge is -2.07. The Labute approximate surface area is 163 Å². The molecule has 1 amide bonds. The lowest BCUT2D eigenvalue weighted by molar-refractivity contribution is -0.121. The number of carbonyl (C=O) groups is 1. The molecule has 1 aromatic carbocycles. The second-order valence-electron chi connectivity index (χ2n) is 6.09. The van der Waals surface area contributed by atoms with Crippen LogP contribution >= 0.6 is 11.3 Å². The van der Waals surface area contributed by atoms with Crippen molar-refractivity contribution in [1.29, 1.82) is 0 Å². The molecule has 0 aliphatic carbocycles. The smallest absolute Gasteiger partial charge is 0.328 e. The van der Waals surface area contributed by atoms with Gasteiger partial charge in [0.2, 0.25) is 15.9 Å². The van der Waals surface area contributed by atoms with Crippen molar-refractivity contribution in [2.45, 2.75) is 24.3 Å². The van der Waals surface area contributed by atoms with Crippen LogP contribution in [0.5, 0.6) is 0 Å². The Morgan fingerprint density at radius 1 is 1.18 bits per heavy atom. The van der Waals surface area contributed by atoms with Gasteiger partial charge in [-0.3, -0.25) is 14.2 Å². The van der Waals surface area contributed by atoms with E-state index < -0.39 is 21.3 Å². The zero-order chi connectivity index (χ0) is 20.3. The molecule has 28 heavy (non-hydrogen) atoms. The number of fused-ring (bicyclic) bond motifs is 1. The van der Waals surface area contributed by atoms with Gasteiger partial charge in [-0.1, -0.05) is 12.1 Å². The molecule has 11 heteroatoms. The number of nitrogens with one attached hydrogen (secondary N) is 2. The van der Waals surface area contributed by atoms with E-state index in [-0.39, 0.29) is 23.8 Å². The van der Waals surface area contributed by atoms with E-state index in [2.05, 4.69) is 10.3 Å². The molecule has 0 aliphatic rings. The van der Waals surface area contributed by atoms with E-state index in [1.807, 2.05) is 0 Å². The molecule has 0 bridgehead atoms. The lowest BCUT2D eigenvalue weighted by atomic mass is 10.1. The average molecular weight is 422 g/mol. The number of hydrogen-bond donors (Lipinski definition) is 3. The number of aromatic nitrogens is 2. The highest BCUT2D eigenvalue weighted by molar-refractivity contribution is 7.89. The standard InChI is InChI=1S/C17H18N4O5S2/c18-28(25,26)12-3-1-11(2-4-12)5-8-19-14(22)6-9-21-16(23)15-13(7-10-27-15)20-17(21)24/h1-4,7,10H,5-6,8-9H2,(H,19,22)(H,20,24)(H2,18,25,26). The first kappa shape index (κ1) is 20.0. The second-order valence-corrected chi connectivity index (χ2v) is 8.57. The van der Waals surface area contributed by atoms with E-state index in [0.29, 0.717) is 23.2 Å². The van der Waals surface area contributed by atoms with Crippen molar-refractivity contribution >= 4 is 37.5 Å². The molecule has 0 fully saturated rings. The Balaban J connectivity index is 1.53. The summed E-state index contributed by atoms with van der Waals surface area (Å²) in [6.45, 7) is 0.319. The van der Waals surface area contributed by atoms with Crippen LogP contribution in [0, 0.1) is 0 Å². The summed E-state index contributed by atoms with van der Waals surface area (Å²) in [5.41, 5.74) is 0.382. The van der Waals surface area contributed by atoms with Crippen molar-refractivity contribution in [3.05, 3.63) is 62.1 Å². The Kier molecular flexibility index (Phi) is 5.77. The van der Waals surface area contributed by atoms with Gasteiger partial charge in [0, 0.05) is 19.5 Å². The molecule has 0 spiro atoms. The van der Waals surface area contributed by atoms with Gasteiger partial charge in [-0.2, -0.15) is 0 Å². The summed E-state index contributed by atoms with van der Waals surface area (Å²) in [4.78, 5) is 38.9. The third-order valence-electron chi connectivity index (χ3n) is 4.14. The zero-order valence-electron chi connectivity index (χ0n) is 14.7. The van der Waals surface area contributed by atoms with Gasteiger partial charge >= 0.3 is 5.69 Å². The lowest BCUT2D eigenvalue weighted by Crippen LogP contribution is -2.36. The highest BCUT2D eigenvalue weighted by atomic mass is 32.2. The monoisotopic (exact) mass is 422 g/mol. The molecule has 0 saturated carbocycles. The molecular weight excluding hydrogens is 404 g/mol. The maximum absolute atomic E-state index is 12.3. The number of thiophene rings is 1. The van der Waals surface area contributed by atoms with Crippen LogP contribution in [0.3, 0.4) is 0 Å². The van der Waals surface area contributed by atoms with Crippen molar-refractivity contribution in [3.8, 4) is 0 Å². The number of rotatable bonds is 7. The van der Waals surface area contributed by atoms with Crippen LogP contribution in [0.25, 0.3) is 10.2 Å². The summed E-state index contributed by atoms with van der Waals surface area (Å²) in [7, 11) is -3.73. The minimum Gasteiger partial charge on any atom is -0.356 e. The molecule has 4 N–H and O–H groups in total. The fourth-order valence-electron chi connectivity index (χ4n) is 2.67. The van der Waals surface area contributed by atoms with Crippen molar-refractivity contribution in [2.24, 2.45) is 5.14 Å². The number of amides is 1. The van der Waals surface area contributed by atoms with Gasteiger partial charge in [0.05, 0.1) is 10.4 Å². The summed E-state index contributed by atoms with van der Waals surface area (Å²) in [5, 5.41) is 9.47. The molecule has 0 radical (unpaired) electrons. The number of aromatic amines is 1. The number of carbonyl (C=O) groups excluding carboxylic acids is 1. The number of sulfonamides is 1. The summed E-state index contributed by atoms with van der Waals surface area (Å²) in [5.74, 6) is -0.293. The Bertz CT molecular complexity index is 1220. The molecular formula is C17H18N4O5S2. The number of primary sulfonamides is 1. The summed E-state index contributed by atoms with van der Waals surface area (Å²) in [6.07, 6.45) is 0.489. The third-order valence-corrected chi connectivity index (χ3v) is 5.97. The zero-order valence-corrected chi connectivity index (χ0v) is 16.3. The SMILES string of the molecule is NS(=O)(=O)c1ccc(CCNC(=O)CCn2c(=O)[nH]c3ccsc3c2=O)cc1.